The molecule has 0 spiro atoms. The normalized spacial score (nSPS) is 39.2. The van der Waals surface area contributed by atoms with Crippen LogP contribution in [0.5, 0.6) is 0 Å². The first-order chi connectivity index (χ1) is 8.72. The van der Waals surface area contributed by atoms with E-state index in [1.54, 1.807) is 0 Å². The second-order valence-corrected chi connectivity index (χ2v) is 7.81. The summed E-state index contributed by atoms with van der Waals surface area (Å²) >= 11 is 0. The summed E-state index contributed by atoms with van der Waals surface area (Å²) in [6.45, 7) is 14.3. The number of ether oxygens (including phenoxy) is 1. The van der Waals surface area contributed by atoms with Crippen molar-refractivity contribution in [2.24, 2.45) is 11.7 Å². The maximum Gasteiger partial charge on any atom is 0.0830 e. The van der Waals surface area contributed by atoms with Crippen molar-refractivity contribution in [1.82, 2.24) is 4.90 Å². The number of nitrogens with zero attached hydrogens (tertiary/aromatic N) is 1. The van der Waals surface area contributed by atoms with E-state index < -0.39 is 0 Å². The fraction of sp³-hybridized carbons (Fsp3) is 1.00. The van der Waals surface area contributed by atoms with Crippen molar-refractivity contribution in [3.8, 4) is 0 Å². The van der Waals surface area contributed by atoms with E-state index in [4.69, 9.17) is 10.5 Å². The van der Waals surface area contributed by atoms with Crippen LogP contribution in [-0.2, 0) is 4.74 Å². The topological polar surface area (TPSA) is 38.5 Å². The molecule has 2 fully saturated rings. The summed E-state index contributed by atoms with van der Waals surface area (Å²) in [6.07, 6.45) is 4.97. The van der Waals surface area contributed by atoms with Crippen LogP contribution in [0.1, 0.15) is 60.3 Å². The first kappa shape index (κ1) is 15.3. The molecule has 2 N–H and O–H groups in total. The van der Waals surface area contributed by atoms with E-state index >= 15 is 0 Å². The van der Waals surface area contributed by atoms with Crippen molar-refractivity contribution in [2.45, 2.75) is 77.0 Å². The van der Waals surface area contributed by atoms with E-state index in [1.165, 1.54) is 32.4 Å². The number of hydrogen-bond acceptors (Lipinski definition) is 3. The lowest BCUT2D eigenvalue weighted by molar-refractivity contribution is -0.103. The Kier molecular flexibility index (Phi) is 4.03. The standard InChI is InChI=1S/C16H32N2O/c1-13-7-6-9-18(10-8-13)16(12-17)11-14(2,3)19-15(16,4)5/h13H,6-12,17H2,1-5H3. The average molecular weight is 268 g/mol. The minimum atomic E-state index is -0.168. The Balaban J connectivity index is 2.26. The molecule has 2 saturated heterocycles. The molecule has 0 amide bonds. The van der Waals surface area contributed by atoms with Crippen LogP contribution in [0.2, 0.25) is 0 Å². The minimum absolute atomic E-state index is 0.000556. The monoisotopic (exact) mass is 268 g/mol. The van der Waals surface area contributed by atoms with Gasteiger partial charge in [0.1, 0.15) is 0 Å². The fourth-order valence-corrected chi connectivity index (χ4v) is 4.37. The third kappa shape index (κ3) is 2.70. The van der Waals surface area contributed by atoms with Crippen molar-refractivity contribution in [1.29, 1.82) is 0 Å². The molecule has 19 heavy (non-hydrogen) atoms. The SMILES string of the molecule is CC1CCCN(C2(CN)CC(C)(C)OC2(C)C)CC1. The van der Waals surface area contributed by atoms with Gasteiger partial charge in [-0.25, -0.2) is 0 Å². The van der Waals surface area contributed by atoms with Crippen LogP contribution < -0.4 is 5.73 Å². The lowest BCUT2D eigenvalue weighted by atomic mass is 9.77. The van der Waals surface area contributed by atoms with Gasteiger partial charge in [-0.3, -0.25) is 4.90 Å². The summed E-state index contributed by atoms with van der Waals surface area (Å²) in [5, 5.41) is 0. The average Bonchev–Trinajstić information content (AvgIpc) is 2.43. The summed E-state index contributed by atoms with van der Waals surface area (Å²) in [7, 11) is 0. The van der Waals surface area contributed by atoms with Gasteiger partial charge >= 0.3 is 0 Å². The van der Waals surface area contributed by atoms with Gasteiger partial charge in [-0.05, 0) is 72.4 Å². The predicted octanol–water partition coefficient (Wildman–Crippen LogP) is 2.78. The highest BCUT2D eigenvalue weighted by Crippen LogP contribution is 2.48. The first-order valence-electron chi connectivity index (χ1n) is 7.88. The zero-order valence-corrected chi connectivity index (χ0v) is 13.5. The highest BCUT2D eigenvalue weighted by atomic mass is 16.5. The number of hydrogen-bond donors (Lipinski definition) is 1. The van der Waals surface area contributed by atoms with Crippen molar-refractivity contribution < 1.29 is 4.74 Å². The number of rotatable bonds is 2. The predicted molar refractivity (Wildman–Crippen MR) is 80.2 cm³/mol. The molecule has 2 aliphatic rings. The highest BCUT2D eigenvalue weighted by Gasteiger charge is 2.59. The molecule has 2 atom stereocenters. The minimum Gasteiger partial charge on any atom is -0.368 e. The van der Waals surface area contributed by atoms with Crippen LogP contribution in [0, 0.1) is 5.92 Å². The van der Waals surface area contributed by atoms with Crippen molar-refractivity contribution in [2.75, 3.05) is 19.6 Å². The Labute approximate surface area is 118 Å². The summed E-state index contributed by atoms with van der Waals surface area (Å²) in [6, 6.07) is 0. The highest BCUT2D eigenvalue weighted by molar-refractivity contribution is 5.13. The van der Waals surface area contributed by atoms with E-state index in [0.717, 1.165) is 12.3 Å². The molecule has 0 aliphatic carbocycles. The van der Waals surface area contributed by atoms with Gasteiger partial charge in [0.15, 0.2) is 0 Å². The molecule has 0 aromatic heterocycles. The third-order valence-electron chi connectivity index (χ3n) is 5.33. The van der Waals surface area contributed by atoms with Crippen LogP contribution in [0.25, 0.3) is 0 Å². The van der Waals surface area contributed by atoms with Crippen LogP contribution >= 0.6 is 0 Å². The molecule has 2 aliphatic heterocycles. The van der Waals surface area contributed by atoms with E-state index in [9.17, 15) is 0 Å². The molecule has 0 aromatic rings. The summed E-state index contributed by atoms with van der Waals surface area (Å²) in [4.78, 5) is 2.64. The molecule has 2 heterocycles. The van der Waals surface area contributed by atoms with Gasteiger partial charge in [0.25, 0.3) is 0 Å². The Morgan fingerprint density at radius 1 is 1.16 bits per heavy atom. The van der Waals surface area contributed by atoms with Gasteiger partial charge < -0.3 is 10.5 Å². The molecule has 3 heteroatoms. The number of likely N-dealkylation sites (tertiary alicyclic amines) is 1. The summed E-state index contributed by atoms with van der Waals surface area (Å²) in [5.74, 6) is 0.846. The second kappa shape index (κ2) is 5.01. The molecule has 0 saturated carbocycles. The maximum atomic E-state index is 6.34. The lowest BCUT2D eigenvalue weighted by Gasteiger charge is -2.47. The molecule has 0 bridgehead atoms. The van der Waals surface area contributed by atoms with E-state index in [0.29, 0.717) is 6.54 Å². The zero-order chi connectivity index (χ0) is 14.3. The second-order valence-electron chi connectivity index (χ2n) is 7.81. The van der Waals surface area contributed by atoms with E-state index in [-0.39, 0.29) is 16.7 Å². The number of nitrogens with two attached hydrogens (primary N) is 1. The smallest absolute Gasteiger partial charge is 0.0830 e. The Morgan fingerprint density at radius 3 is 2.37 bits per heavy atom. The lowest BCUT2D eigenvalue weighted by Crippen LogP contribution is -2.63. The quantitative estimate of drug-likeness (QED) is 0.837. The zero-order valence-electron chi connectivity index (χ0n) is 13.5. The molecule has 2 unspecified atom stereocenters. The molecule has 0 aromatic carbocycles. The van der Waals surface area contributed by atoms with Gasteiger partial charge in [-0.1, -0.05) is 6.92 Å². The first-order valence-corrected chi connectivity index (χ1v) is 7.88. The third-order valence-corrected chi connectivity index (χ3v) is 5.33. The van der Waals surface area contributed by atoms with Crippen LogP contribution in [0.4, 0.5) is 0 Å². The molecular weight excluding hydrogens is 236 g/mol. The van der Waals surface area contributed by atoms with Crippen molar-refractivity contribution in [3.63, 3.8) is 0 Å². The Bertz CT molecular complexity index is 327. The van der Waals surface area contributed by atoms with E-state index in [2.05, 4.69) is 39.5 Å². The summed E-state index contributed by atoms with van der Waals surface area (Å²) < 4.78 is 6.34. The van der Waals surface area contributed by atoms with Crippen LogP contribution in [0.3, 0.4) is 0 Å². The fourth-order valence-electron chi connectivity index (χ4n) is 4.37. The Hall–Kier alpha value is -0.120. The van der Waals surface area contributed by atoms with Crippen molar-refractivity contribution in [3.05, 3.63) is 0 Å². The van der Waals surface area contributed by atoms with Gasteiger partial charge in [-0.2, -0.15) is 0 Å². The van der Waals surface area contributed by atoms with Crippen LogP contribution in [-0.4, -0.2) is 41.3 Å². The molecule has 2 rings (SSSR count). The molecule has 0 radical (unpaired) electrons. The molecule has 3 nitrogen and oxygen atoms in total. The van der Waals surface area contributed by atoms with Gasteiger partial charge in [0.2, 0.25) is 0 Å². The maximum absolute atomic E-state index is 6.34. The van der Waals surface area contributed by atoms with Crippen LogP contribution in [0.15, 0.2) is 0 Å². The van der Waals surface area contributed by atoms with Gasteiger partial charge in [-0.15, -0.1) is 0 Å². The molecule has 112 valence electrons. The largest absolute Gasteiger partial charge is 0.368 e. The molecular formula is C16H32N2O. The van der Waals surface area contributed by atoms with Crippen molar-refractivity contribution >= 4 is 0 Å². The van der Waals surface area contributed by atoms with Gasteiger partial charge in [0.05, 0.1) is 16.7 Å². The summed E-state index contributed by atoms with van der Waals surface area (Å²) in [5.41, 5.74) is 6.02. The van der Waals surface area contributed by atoms with Gasteiger partial charge in [0, 0.05) is 6.54 Å². The van der Waals surface area contributed by atoms with E-state index in [1.807, 2.05) is 0 Å². The Morgan fingerprint density at radius 2 is 1.84 bits per heavy atom.